The fourth-order valence-corrected chi connectivity index (χ4v) is 8.80. The Morgan fingerprint density at radius 1 is 0.936 bits per heavy atom. The lowest BCUT2D eigenvalue weighted by Crippen LogP contribution is -2.33. The number of halogens is 2. The molecule has 1 aromatic heterocycles. The van der Waals surface area contributed by atoms with E-state index in [1.807, 2.05) is 43.3 Å². The number of nitrogens with one attached hydrogen (secondary N) is 1. The first-order chi connectivity index (χ1) is 22.5. The van der Waals surface area contributed by atoms with Crippen molar-refractivity contribution >= 4 is 87.1 Å². The van der Waals surface area contributed by atoms with Crippen LogP contribution < -0.4 is 20.0 Å². The number of benzene rings is 3. The van der Waals surface area contributed by atoms with Gasteiger partial charge in [0, 0.05) is 36.3 Å². The monoisotopic (exact) mass is 710 g/mol. The average Bonchev–Trinajstić information content (AvgIpc) is 3.49. The number of thiazole rings is 1. The molecular weight excluding hydrogens is 683 g/mol. The van der Waals surface area contributed by atoms with Gasteiger partial charge in [-0.05, 0) is 67.1 Å². The van der Waals surface area contributed by atoms with Crippen molar-refractivity contribution in [1.82, 2.24) is 4.57 Å². The molecule has 47 heavy (non-hydrogen) atoms. The zero-order valence-corrected chi connectivity index (χ0v) is 28.5. The second kappa shape index (κ2) is 13.2. The van der Waals surface area contributed by atoms with Crippen LogP contribution in [0.3, 0.4) is 0 Å². The third-order valence-electron chi connectivity index (χ3n) is 7.96. The number of nitrogens with zero attached hydrogens (tertiary/aromatic N) is 3. The van der Waals surface area contributed by atoms with Crippen molar-refractivity contribution in [3.63, 3.8) is 0 Å². The number of imide groups is 1. The summed E-state index contributed by atoms with van der Waals surface area (Å²) in [7, 11) is 3.83. The van der Waals surface area contributed by atoms with Crippen LogP contribution in [0.2, 0.25) is 10.0 Å². The largest absolute Gasteiger partial charge is 0.462 e. The van der Waals surface area contributed by atoms with Gasteiger partial charge in [-0.2, -0.15) is 0 Å². The molecule has 2 aliphatic rings. The number of hydrogen-bond acceptors (Lipinski definition) is 9. The number of thioether (sulfide) groups is 1. The topological polar surface area (TPSA) is 118 Å². The van der Waals surface area contributed by atoms with Crippen molar-refractivity contribution < 1.29 is 23.9 Å². The van der Waals surface area contributed by atoms with Crippen LogP contribution in [0.15, 0.2) is 76.6 Å². The first kappa shape index (κ1) is 32.8. The fraction of sp³-hybridized carbons (Fsp3) is 0.242. The summed E-state index contributed by atoms with van der Waals surface area (Å²) in [4.78, 5) is 70.3. The minimum atomic E-state index is -0.864. The number of aromatic nitrogens is 1. The highest BCUT2D eigenvalue weighted by Crippen LogP contribution is 2.54. The lowest BCUT2D eigenvalue weighted by atomic mass is 9.83. The molecule has 4 aromatic rings. The Morgan fingerprint density at radius 2 is 1.64 bits per heavy atom. The zero-order chi connectivity index (χ0) is 33.6. The van der Waals surface area contributed by atoms with E-state index in [1.54, 1.807) is 31.2 Å². The molecule has 3 aromatic carbocycles. The Labute approximate surface area is 288 Å². The maximum Gasteiger partial charge on any atom is 0.338 e. The van der Waals surface area contributed by atoms with Crippen molar-refractivity contribution in [2.24, 2.45) is 5.92 Å². The van der Waals surface area contributed by atoms with Gasteiger partial charge in [0.05, 0.1) is 38.8 Å². The smallest absolute Gasteiger partial charge is 0.338 e. The number of esters is 1. The third-order valence-corrected chi connectivity index (χ3v) is 11.3. The molecule has 10 nitrogen and oxygen atoms in total. The van der Waals surface area contributed by atoms with Gasteiger partial charge in [0.15, 0.2) is 0 Å². The van der Waals surface area contributed by atoms with Crippen LogP contribution in [-0.4, -0.2) is 54.2 Å². The number of amides is 3. The maximum absolute atomic E-state index is 14.2. The SMILES string of the molecule is CCOC(=O)c1ccc(N2C(=O)[C@H]3[C@H](c4ccc(N(C)C)cc4)c4sc(=O)n(CC(=O)Nc5ccc(Cl)c(Cl)c5)c4S[C@H]3C2=O)cc1. The second-order valence-electron chi connectivity index (χ2n) is 11.1. The fourth-order valence-electron chi connectivity index (χ4n) is 5.73. The summed E-state index contributed by atoms with van der Waals surface area (Å²) in [5.74, 6) is -3.27. The van der Waals surface area contributed by atoms with Gasteiger partial charge in [-0.25, -0.2) is 9.69 Å². The van der Waals surface area contributed by atoms with E-state index in [-0.39, 0.29) is 23.0 Å². The van der Waals surface area contributed by atoms with Crippen molar-refractivity contribution in [2.75, 3.05) is 35.8 Å². The average molecular weight is 712 g/mol. The first-order valence-electron chi connectivity index (χ1n) is 14.6. The summed E-state index contributed by atoms with van der Waals surface area (Å²) in [6.07, 6.45) is 0. The molecule has 0 spiro atoms. The number of anilines is 3. The van der Waals surface area contributed by atoms with Crippen LogP contribution in [0.4, 0.5) is 17.1 Å². The van der Waals surface area contributed by atoms with E-state index in [1.165, 1.54) is 22.8 Å². The van der Waals surface area contributed by atoms with E-state index in [2.05, 4.69) is 5.32 Å². The van der Waals surface area contributed by atoms with Crippen molar-refractivity contribution in [2.45, 2.75) is 29.7 Å². The molecular formula is C33H28Cl2N4O6S2. The lowest BCUT2D eigenvalue weighted by molar-refractivity contribution is -0.122. The van der Waals surface area contributed by atoms with Gasteiger partial charge in [0.25, 0.3) is 0 Å². The summed E-state index contributed by atoms with van der Waals surface area (Å²) in [6.45, 7) is 1.61. The summed E-state index contributed by atoms with van der Waals surface area (Å²) in [6, 6.07) is 18.4. The van der Waals surface area contributed by atoms with Crippen LogP contribution in [0.5, 0.6) is 0 Å². The Kier molecular flexibility index (Phi) is 9.21. The number of carbonyl (C=O) groups is 4. The highest BCUT2D eigenvalue weighted by Gasteiger charge is 2.56. The number of carbonyl (C=O) groups excluding carboxylic acids is 4. The molecule has 0 unspecified atom stereocenters. The third kappa shape index (κ3) is 6.18. The predicted molar refractivity (Wildman–Crippen MR) is 184 cm³/mol. The summed E-state index contributed by atoms with van der Waals surface area (Å²) < 4.78 is 6.41. The van der Waals surface area contributed by atoms with Gasteiger partial charge in [0.1, 0.15) is 11.8 Å². The lowest BCUT2D eigenvalue weighted by Gasteiger charge is -2.31. The standard InChI is InChI=1S/C33H28Cl2N4O6S2/c1-4-45-32(43)18-7-12-21(13-8-18)39-29(41)26-25(17-5-10-20(11-6-17)37(2)3)28-31(46-27(26)30(39)42)38(33(44)47-28)16-24(40)36-19-9-14-22(34)23(35)15-19/h5-15,25-27H,4,16H2,1-3H3,(H,36,40)/t25-,26-,27+/m0/s1. The second-order valence-corrected chi connectivity index (χ2v) is 14.0. The zero-order valence-electron chi connectivity index (χ0n) is 25.4. The van der Waals surface area contributed by atoms with Crippen LogP contribution in [0.1, 0.15) is 33.6 Å². The Bertz CT molecular complexity index is 1960. The van der Waals surface area contributed by atoms with Crippen LogP contribution in [0.25, 0.3) is 0 Å². The molecule has 1 saturated heterocycles. The molecule has 242 valence electrons. The predicted octanol–water partition coefficient (Wildman–Crippen LogP) is 5.89. The highest BCUT2D eigenvalue weighted by atomic mass is 35.5. The first-order valence-corrected chi connectivity index (χ1v) is 17.0. The van der Waals surface area contributed by atoms with Crippen LogP contribution >= 0.6 is 46.3 Å². The molecule has 3 heterocycles. The molecule has 3 amide bonds. The van der Waals surface area contributed by atoms with Gasteiger partial charge in [-0.3, -0.25) is 23.7 Å². The van der Waals surface area contributed by atoms with Gasteiger partial charge in [0.2, 0.25) is 17.7 Å². The number of hydrogen-bond donors (Lipinski definition) is 1. The molecule has 1 N–H and O–H groups in total. The normalized spacial score (nSPS) is 18.5. The quantitative estimate of drug-likeness (QED) is 0.178. The van der Waals surface area contributed by atoms with Gasteiger partial charge in [-0.1, -0.05) is 58.4 Å². The molecule has 3 atom stereocenters. The number of rotatable bonds is 8. The Balaban J connectivity index is 1.38. The van der Waals surface area contributed by atoms with E-state index >= 15 is 0 Å². The molecule has 14 heteroatoms. The minimum Gasteiger partial charge on any atom is -0.462 e. The summed E-state index contributed by atoms with van der Waals surface area (Å²) in [5, 5.41) is 2.94. The Morgan fingerprint density at radius 3 is 2.28 bits per heavy atom. The molecule has 0 bridgehead atoms. The highest BCUT2D eigenvalue weighted by molar-refractivity contribution is 8.00. The van der Waals surface area contributed by atoms with E-state index in [0.29, 0.717) is 31.9 Å². The molecule has 2 aliphatic heterocycles. The summed E-state index contributed by atoms with van der Waals surface area (Å²) in [5.41, 5.74) is 2.74. The number of fused-ring (bicyclic) bond motifs is 2. The molecule has 0 saturated carbocycles. The number of ether oxygens (including phenoxy) is 1. The van der Waals surface area contributed by atoms with Crippen LogP contribution in [0, 0.1) is 5.92 Å². The van der Waals surface area contributed by atoms with Crippen molar-refractivity contribution in [3.05, 3.63) is 102 Å². The van der Waals surface area contributed by atoms with Crippen LogP contribution in [-0.2, 0) is 25.7 Å². The van der Waals surface area contributed by atoms with E-state index in [9.17, 15) is 24.0 Å². The minimum absolute atomic E-state index is 0.216. The van der Waals surface area contributed by atoms with Crippen molar-refractivity contribution in [1.29, 1.82) is 0 Å². The van der Waals surface area contributed by atoms with E-state index < -0.39 is 40.8 Å². The molecule has 0 radical (unpaired) electrons. The van der Waals surface area contributed by atoms with Gasteiger partial charge >= 0.3 is 10.8 Å². The molecule has 1 fully saturated rings. The van der Waals surface area contributed by atoms with E-state index in [4.69, 9.17) is 27.9 Å². The summed E-state index contributed by atoms with van der Waals surface area (Å²) >= 11 is 14.2. The van der Waals surface area contributed by atoms with Gasteiger partial charge < -0.3 is 15.0 Å². The van der Waals surface area contributed by atoms with Gasteiger partial charge in [-0.15, -0.1) is 0 Å². The van der Waals surface area contributed by atoms with Crippen molar-refractivity contribution in [3.8, 4) is 0 Å². The molecule has 0 aliphatic carbocycles. The Hall–Kier alpha value is -4.10. The maximum atomic E-state index is 14.2. The molecule has 6 rings (SSSR count). The van der Waals surface area contributed by atoms with E-state index in [0.717, 1.165) is 39.2 Å².